The molecule has 0 spiro atoms. The van der Waals surface area contributed by atoms with Crippen LogP contribution in [0.4, 0.5) is 0 Å². The molecular weight excluding hydrogens is 254 g/mol. The zero-order chi connectivity index (χ0) is 14.1. The summed E-state index contributed by atoms with van der Waals surface area (Å²) in [5.74, 6) is 0.157. The van der Waals surface area contributed by atoms with E-state index < -0.39 is 0 Å². The van der Waals surface area contributed by atoms with Crippen molar-refractivity contribution in [1.82, 2.24) is 14.3 Å². The number of fused-ring (bicyclic) bond motifs is 1. The van der Waals surface area contributed by atoms with Crippen LogP contribution >= 0.6 is 0 Å². The van der Waals surface area contributed by atoms with Gasteiger partial charge in [0.2, 0.25) is 0 Å². The molecular formula is C15H19N3O2. The molecule has 0 saturated carbocycles. The minimum absolute atomic E-state index is 0.325. The fraction of sp³-hybridized carbons (Fsp3) is 0.467. The monoisotopic (exact) mass is 273 g/mol. The van der Waals surface area contributed by atoms with Gasteiger partial charge in [0.25, 0.3) is 0 Å². The van der Waals surface area contributed by atoms with Crippen molar-refractivity contribution in [2.45, 2.75) is 18.8 Å². The summed E-state index contributed by atoms with van der Waals surface area (Å²) in [5.41, 5.74) is 2.45. The van der Waals surface area contributed by atoms with Crippen LogP contribution in [0.25, 0.3) is 5.65 Å². The van der Waals surface area contributed by atoms with Gasteiger partial charge in [-0.25, -0.2) is 9.78 Å². The number of imidazole rings is 1. The summed E-state index contributed by atoms with van der Waals surface area (Å²) in [7, 11) is 3.54. The quantitative estimate of drug-likeness (QED) is 0.784. The summed E-state index contributed by atoms with van der Waals surface area (Å²) in [6.07, 6.45) is 6.32. The Bertz CT molecular complexity index is 635. The maximum Gasteiger partial charge on any atom is 0.338 e. The van der Waals surface area contributed by atoms with Gasteiger partial charge in [-0.1, -0.05) is 0 Å². The largest absolute Gasteiger partial charge is 0.465 e. The third-order valence-corrected chi connectivity index (χ3v) is 3.94. The van der Waals surface area contributed by atoms with E-state index in [0.717, 1.165) is 24.4 Å². The fourth-order valence-electron chi connectivity index (χ4n) is 2.85. The molecule has 3 heterocycles. The molecule has 0 amide bonds. The molecule has 1 saturated heterocycles. The van der Waals surface area contributed by atoms with Crippen LogP contribution in [0.3, 0.4) is 0 Å². The molecule has 0 aliphatic carbocycles. The lowest BCUT2D eigenvalue weighted by molar-refractivity contribution is 0.0600. The van der Waals surface area contributed by atoms with Gasteiger partial charge in [0.05, 0.1) is 18.4 Å². The number of likely N-dealkylation sites (N-methyl/N-ethyl adjacent to an activating group) is 1. The highest BCUT2D eigenvalue weighted by Gasteiger charge is 2.21. The number of piperidine rings is 1. The molecule has 0 N–H and O–H groups in total. The van der Waals surface area contributed by atoms with Gasteiger partial charge in [-0.2, -0.15) is 0 Å². The Labute approximate surface area is 118 Å². The second-order valence-corrected chi connectivity index (χ2v) is 5.44. The molecule has 20 heavy (non-hydrogen) atoms. The van der Waals surface area contributed by atoms with Gasteiger partial charge in [0, 0.05) is 24.9 Å². The highest BCUT2D eigenvalue weighted by atomic mass is 16.5. The van der Waals surface area contributed by atoms with Gasteiger partial charge in [-0.3, -0.25) is 0 Å². The van der Waals surface area contributed by atoms with Crippen LogP contribution in [-0.2, 0) is 4.74 Å². The van der Waals surface area contributed by atoms with E-state index in [0.29, 0.717) is 11.5 Å². The van der Waals surface area contributed by atoms with Crippen LogP contribution in [0.5, 0.6) is 0 Å². The Morgan fingerprint density at radius 1 is 1.50 bits per heavy atom. The standard InChI is InChI=1S/C15H19N3O2/c1-17-6-3-4-12(9-17)13-10-18-7-5-11(15(19)20-2)8-14(18)16-13/h5,7-8,10,12H,3-4,6,9H2,1-2H3. The Kier molecular flexibility index (Phi) is 3.44. The number of pyridine rings is 1. The van der Waals surface area contributed by atoms with Crippen LogP contribution in [0.15, 0.2) is 24.5 Å². The molecule has 0 radical (unpaired) electrons. The maximum absolute atomic E-state index is 11.5. The first kappa shape index (κ1) is 13.1. The van der Waals surface area contributed by atoms with Crippen LogP contribution in [0.2, 0.25) is 0 Å². The van der Waals surface area contributed by atoms with Crippen molar-refractivity contribution in [3.8, 4) is 0 Å². The number of methoxy groups -OCH3 is 1. The molecule has 5 heteroatoms. The number of ether oxygens (including phenoxy) is 1. The summed E-state index contributed by atoms with van der Waals surface area (Å²) in [6.45, 7) is 2.21. The van der Waals surface area contributed by atoms with Crippen molar-refractivity contribution in [2.75, 3.05) is 27.2 Å². The second-order valence-electron chi connectivity index (χ2n) is 5.44. The third kappa shape index (κ3) is 2.41. The van der Waals surface area contributed by atoms with E-state index in [9.17, 15) is 4.79 Å². The lowest BCUT2D eigenvalue weighted by Gasteiger charge is -2.28. The minimum Gasteiger partial charge on any atom is -0.465 e. The number of likely N-dealkylation sites (tertiary alicyclic amines) is 1. The molecule has 2 aromatic rings. The van der Waals surface area contributed by atoms with Gasteiger partial charge in [-0.15, -0.1) is 0 Å². The second kappa shape index (κ2) is 5.25. The summed E-state index contributed by atoms with van der Waals surface area (Å²) < 4.78 is 6.71. The number of carbonyl (C=O) groups excluding carboxylic acids is 1. The fourth-order valence-corrected chi connectivity index (χ4v) is 2.85. The zero-order valence-corrected chi connectivity index (χ0v) is 11.9. The Balaban J connectivity index is 1.92. The maximum atomic E-state index is 11.5. The number of esters is 1. The van der Waals surface area contributed by atoms with Gasteiger partial charge in [-0.05, 0) is 38.6 Å². The first-order valence-electron chi connectivity index (χ1n) is 6.93. The van der Waals surface area contributed by atoms with Gasteiger partial charge >= 0.3 is 5.97 Å². The third-order valence-electron chi connectivity index (χ3n) is 3.94. The number of hydrogen-bond acceptors (Lipinski definition) is 4. The lowest BCUT2D eigenvalue weighted by Crippen LogP contribution is -2.30. The van der Waals surface area contributed by atoms with E-state index in [1.807, 2.05) is 10.6 Å². The van der Waals surface area contributed by atoms with Gasteiger partial charge < -0.3 is 14.0 Å². The molecule has 5 nitrogen and oxygen atoms in total. The molecule has 1 atom stereocenters. The summed E-state index contributed by atoms with van der Waals surface area (Å²) in [5, 5.41) is 0. The normalized spacial score (nSPS) is 20.2. The van der Waals surface area contributed by atoms with Crippen LogP contribution in [0, 0.1) is 0 Å². The highest BCUT2D eigenvalue weighted by Crippen LogP contribution is 2.25. The van der Waals surface area contributed by atoms with E-state index in [2.05, 4.69) is 23.1 Å². The topological polar surface area (TPSA) is 46.8 Å². The predicted octanol–water partition coefficient (Wildman–Crippen LogP) is 1.93. The van der Waals surface area contributed by atoms with Crippen LogP contribution in [0.1, 0.15) is 34.8 Å². The van der Waals surface area contributed by atoms with Crippen LogP contribution in [-0.4, -0.2) is 47.5 Å². The summed E-state index contributed by atoms with van der Waals surface area (Å²) >= 11 is 0. The number of rotatable bonds is 2. The zero-order valence-electron chi connectivity index (χ0n) is 11.9. The minimum atomic E-state index is -0.325. The van der Waals surface area contributed by atoms with Crippen LogP contribution < -0.4 is 0 Å². The number of hydrogen-bond donors (Lipinski definition) is 0. The number of nitrogens with zero attached hydrogens (tertiary/aromatic N) is 3. The van der Waals surface area contributed by atoms with E-state index in [-0.39, 0.29) is 5.97 Å². The first-order valence-corrected chi connectivity index (χ1v) is 6.93. The van der Waals surface area contributed by atoms with Crippen molar-refractivity contribution >= 4 is 11.6 Å². The Hall–Kier alpha value is -1.88. The van der Waals surface area contributed by atoms with Crippen molar-refractivity contribution in [3.63, 3.8) is 0 Å². The Morgan fingerprint density at radius 2 is 2.35 bits per heavy atom. The predicted molar refractivity (Wildman–Crippen MR) is 76.0 cm³/mol. The molecule has 1 unspecified atom stereocenters. The molecule has 3 rings (SSSR count). The summed E-state index contributed by atoms with van der Waals surface area (Å²) in [6, 6.07) is 3.54. The van der Waals surface area contributed by atoms with E-state index in [4.69, 9.17) is 4.74 Å². The highest BCUT2D eigenvalue weighted by molar-refractivity contribution is 5.90. The van der Waals surface area contributed by atoms with Gasteiger partial charge in [0.1, 0.15) is 5.65 Å². The smallest absolute Gasteiger partial charge is 0.338 e. The Morgan fingerprint density at radius 3 is 3.10 bits per heavy atom. The van der Waals surface area contributed by atoms with E-state index >= 15 is 0 Å². The molecule has 1 aliphatic rings. The molecule has 0 aromatic carbocycles. The average molecular weight is 273 g/mol. The molecule has 106 valence electrons. The molecule has 0 bridgehead atoms. The van der Waals surface area contributed by atoms with Crippen molar-refractivity contribution < 1.29 is 9.53 Å². The average Bonchev–Trinajstić information content (AvgIpc) is 2.89. The van der Waals surface area contributed by atoms with Gasteiger partial charge in [0.15, 0.2) is 0 Å². The van der Waals surface area contributed by atoms with Crippen molar-refractivity contribution in [1.29, 1.82) is 0 Å². The first-order chi connectivity index (χ1) is 9.67. The van der Waals surface area contributed by atoms with E-state index in [1.54, 1.807) is 12.1 Å². The molecule has 1 aliphatic heterocycles. The number of carbonyl (C=O) groups is 1. The summed E-state index contributed by atoms with van der Waals surface area (Å²) in [4.78, 5) is 18.6. The van der Waals surface area contributed by atoms with Crippen molar-refractivity contribution in [3.05, 3.63) is 35.8 Å². The molecule has 1 fully saturated rings. The molecule has 2 aromatic heterocycles. The SMILES string of the molecule is COC(=O)c1ccn2cc(C3CCCN(C)C3)nc2c1. The van der Waals surface area contributed by atoms with Crippen molar-refractivity contribution in [2.24, 2.45) is 0 Å². The lowest BCUT2D eigenvalue weighted by atomic mass is 9.96. The van der Waals surface area contributed by atoms with E-state index in [1.165, 1.54) is 20.0 Å². The number of aromatic nitrogens is 2.